The Morgan fingerprint density at radius 3 is 1.48 bits per heavy atom. The Bertz CT molecular complexity index is 3020. The fourth-order valence-electron chi connectivity index (χ4n) is 7.18. The van der Waals surface area contributed by atoms with E-state index in [9.17, 15) is 0 Å². The van der Waals surface area contributed by atoms with Crippen molar-refractivity contribution in [2.45, 2.75) is 64.5 Å². The zero-order chi connectivity index (χ0) is 46.8. The average molecular weight is 881 g/mol. The van der Waals surface area contributed by atoms with Gasteiger partial charge in [0.2, 0.25) is 0 Å². The van der Waals surface area contributed by atoms with Gasteiger partial charge in [0.25, 0.3) is 0 Å². The Labute approximate surface area is 409 Å². The lowest BCUT2D eigenvalue weighted by Gasteiger charge is -2.42. The number of nitrogens with two attached hydrogens (primary N) is 2. The molecule has 0 saturated carbocycles. The molecule has 3 aromatic rings. The molecule has 1 aromatic heterocycles. The number of fused-ring (bicyclic) bond motifs is 1. The first kappa shape index (κ1) is 49.0. The number of piperidine rings is 2. The Morgan fingerprint density at radius 1 is 0.606 bits per heavy atom. The third kappa shape index (κ3) is 16.7. The van der Waals surface area contributed by atoms with E-state index >= 15 is 0 Å². The summed E-state index contributed by atoms with van der Waals surface area (Å²) in [6, 6.07) is 20.1. The van der Waals surface area contributed by atoms with Gasteiger partial charge in [-0.2, -0.15) is 5.53 Å². The summed E-state index contributed by atoms with van der Waals surface area (Å²) < 4.78 is 0. The van der Waals surface area contributed by atoms with Gasteiger partial charge in [-0.15, -0.1) is 0 Å². The highest BCUT2D eigenvalue weighted by atomic mass is 15.5. The molecule has 3 aliphatic rings. The Hall–Kier alpha value is -9.64. The van der Waals surface area contributed by atoms with E-state index in [4.69, 9.17) is 21.2 Å². The van der Waals surface area contributed by atoms with Gasteiger partial charge in [-0.05, 0) is 180 Å². The monoisotopic (exact) mass is 881 g/mol. The molecule has 10 heteroatoms. The molecule has 0 bridgehead atoms. The molecule has 0 radical (unpaired) electrons. The van der Waals surface area contributed by atoms with Gasteiger partial charge in [0.05, 0.1) is 18.4 Å². The number of hydrogen-bond donors (Lipinski definition) is 3. The number of nitrogens with zero attached hydrogens (tertiary/aromatic N) is 7. The van der Waals surface area contributed by atoms with Crippen molar-refractivity contribution < 1.29 is 18.5 Å². The number of hydrogen-bond acceptors (Lipinski definition) is 7. The molecule has 5 N–H and O–H groups in total. The van der Waals surface area contributed by atoms with Crippen LogP contribution in [0, 0.1) is 165 Å². The van der Waals surface area contributed by atoms with Gasteiger partial charge >= 0.3 is 0 Å². The fourth-order valence-corrected chi connectivity index (χ4v) is 7.18. The summed E-state index contributed by atoms with van der Waals surface area (Å²) >= 11 is 0. The lowest BCUT2D eigenvalue weighted by atomic mass is 9.73. The van der Waals surface area contributed by atoms with E-state index in [0.29, 0.717) is 6.04 Å². The van der Waals surface area contributed by atoms with Crippen molar-refractivity contribution >= 4 is 11.6 Å². The van der Waals surface area contributed by atoms with Crippen molar-refractivity contribution in [2.75, 3.05) is 29.4 Å². The van der Waals surface area contributed by atoms with Crippen LogP contribution in [0.5, 0.6) is 0 Å². The molecule has 2 aliphatic heterocycles. The maximum absolute atomic E-state index is 6.75. The van der Waals surface area contributed by atoms with Crippen LogP contribution in [0.4, 0.5) is 11.6 Å². The van der Waals surface area contributed by atoms with E-state index in [0.717, 1.165) is 50.5 Å². The minimum absolute atomic E-state index is 0. The average Bonchev–Trinajstić information content (AvgIpc) is 3.63. The molecule has 10 nitrogen and oxygen atoms in total. The van der Waals surface area contributed by atoms with Crippen molar-refractivity contribution in [1.82, 2.24) is 9.97 Å². The SMILES string of the molecule is CC#CC#CC#CC#CC#CC#CC#CC#CC#CC#CC#CC#CC#CC.N=N/N=N/N.N[C@@H]1c2ccccc2CC12CCN(c1cnc(N3CCCC[C@H]3c3ccccc3)cn1)CC2.[HH].[HH].[HH].[HH].[HH].[HH].[HH].[HH].[HH].[HH].[HH].[HH].[HH]. The second kappa shape index (κ2) is 29.6. The summed E-state index contributed by atoms with van der Waals surface area (Å²) in [4.78, 5) is 14.6. The standard InChI is InChI=1S/C28H33N5.C28H6.H3N5.13H2/c29-27-23-11-5-4-10-22(23)18-28(27)13-16-32(17-14-28)25-19-31-26(20-30-25)33-15-7-6-12-24(33)21-8-2-1-3-9-21;1-3-5-7-9-11-13-15-17-19-21-23-25-27-28-26-24-22-20-18-16-14-12-10-8-6-4-2;1-3-5-4-2;;;;;;;;;;;;;/h1-5,8-11,19-20,24,27H,6-7,12-18,29H2;1-2H3;(H3,1,2,5);13*1H/t24-,27+;;;;;;;;;;;;;;;/m0.............../s1. The topological polar surface area (TPSA) is 145 Å². The first-order valence-corrected chi connectivity index (χ1v) is 20.6. The molecule has 3 heterocycles. The maximum atomic E-state index is 6.75. The minimum atomic E-state index is 0. The quantitative estimate of drug-likeness (QED) is 0.103. The molecule has 1 aliphatic carbocycles. The van der Waals surface area contributed by atoms with E-state index in [1.54, 1.807) is 13.8 Å². The molecule has 2 aromatic carbocycles. The number of anilines is 2. The second-order valence-electron chi connectivity index (χ2n) is 13.9. The second-order valence-corrected chi connectivity index (χ2v) is 13.9. The first-order valence-electron chi connectivity index (χ1n) is 20.6. The summed E-state index contributed by atoms with van der Waals surface area (Å²) in [7, 11) is 0. The van der Waals surface area contributed by atoms with Crippen molar-refractivity contribution in [3.63, 3.8) is 0 Å². The van der Waals surface area contributed by atoms with Crippen LogP contribution in [0.3, 0.4) is 0 Å². The van der Waals surface area contributed by atoms with Gasteiger partial charge in [0, 0.05) is 91.6 Å². The van der Waals surface area contributed by atoms with Gasteiger partial charge in [-0.25, -0.2) is 9.97 Å². The normalized spacial score (nSPS) is 14.4. The van der Waals surface area contributed by atoms with Crippen molar-refractivity contribution in [3.8, 4) is 154 Å². The Kier molecular flexibility index (Phi) is 22.0. The third-order valence-electron chi connectivity index (χ3n) is 10.1. The molecule has 2 fully saturated rings. The summed E-state index contributed by atoms with van der Waals surface area (Å²) in [6.45, 7) is 6.42. The Balaban J connectivity index is -0.000000122. The molecule has 2 atom stereocenters. The molecule has 2 saturated heterocycles. The van der Waals surface area contributed by atoms with Crippen LogP contribution in [0.15, 0.2) is 82.7 Å². The van der Waals surface area contributed by atoms with Crippen molar-refractivity contribution in [2.24, 2.45) is 32.7 Å². The highest BCUT2D eigenvalue weighted by Crippen LogP contribution is 2.51. The largest absolute Gasteiger partial charge is 0.355 e. The number of rotatable bonds is 4. The zero-order valence-electron chi connectivity index (χ0n) is 36.7. The van der Waals surface area contributed by atoms with Gasteiger partial charge < -0.3 is 21.4 Å². The molecule has 0 amide bonds. The third-order valence-corrected chi connectivity index (χ3v) is 10.1. The smallest absolute Gasteiger partial charge is 0.147 e. The van der Waals surface area contributed by atoms with E-state index in [2.05, 4.69) is 240 Å². The number of aromatic nitrogens is 2. The lowest BCUT2D eigenvalue weighted by molar-refractivity contribution is 0.187. The molecule has 66 heavy (non-hydrogen) atoms. The fraction of sp³-hybridized carbons (Fsp3) is 0.250. The highest BCUT2D eigenvalue weighted by molar-refractivity contribution is 5.50. The van der Waals surface area contributed by atoms with Gasteiger partial charge in [0.1, 0.15) is 11.6 Å². The van der Waals surface area contributed by atoms with Crippen LogP contribution in [-0.4, -0.2) is 29.6 Å². The predicted octanol–water partition coefficient (Wildman–Crippen LogP) is 9.58. The highest BCUT2D eigenvalue weighted by Gasteiger charge is 2.46. The van der Waals surface area contributed by atoms with Crippen LogP contribution in [0.1, 0.15) is 93.3 Å². The van der Waals surface area contributed by atoms with Crippen LogP contribution in [0.2, 0.25) is 0 Å². The van der Waals surface area contributed by atoms with E-state index < -0.39 is 0 Å². The van der Waals surface area contributed by atoms with E-state index in [-0.39, 0.29) is 30.0 Å². The number of nitrogens with one attached hydrogen (secondary N) is 1. The van der Waals surface area contributed by atoms with Crippen molar-refractivity contribution in [3.05, 3.63) is 83.7 Å². The number of benzene rings is 2. The molecule has 342 valence electrons. The molecule has 0 unspecified atom stereocenters. The van der Waals surface area contributed by atoms with Crippen LogP contribution in [-0.2, 0) is 6.42 Å². The van der Waals surface area contributed by atoms with Gasteiger partial charge in [-0.3, -0.25) is 0 Å². The lowest BCUT2D eigenvalue weighted by Crippen LogP contribution is -2.44. The first-order chi connectivity index (χ1) is 32.6. The summed E-state index contributed by atoms with van der Waals surface area (Å²) in [6.07, 6.45) is 10.9. The van der Waals surface area contributed by atoms with E-state index in [1.165, 1.54) is 36.0 Å². The summed E-state index contributed by atoms with van der Waals surface area (Å²) in [5.74, 6) is 72.0. The van der Waals surface area contributed by atoms with Crippen LogP contribution < -0.4 is 21.4 Å². The molecular formula is C56H68N10. The minimum Gasteiger partial charge on any atom is -0.355 e. The Morgan fingerprint density at radius 2 is 1.06 bits per heavy atom. The summed E-state index contributed by atoms with van der Waals surface area (Å²) in [5, 5.41) is 7.73. The molecule has 1 spiro atoms. The molecular weight excluding hydrogens is 813 g/mol. The maximum Gasteiger partial charge on any atom is 0.147 e. The van der Waals surface area contributed by atoms with E-state index in [1.807, 2.05) is 12.4 Å². The van der Waals surface area contributed by atoms with Gasteiger partial charge in [0.15, 0.2) is 0 Å². The predicted molar refractivity (Wildman–Crippen MR) is 287 cm³/mol. The van der Waals surface area contributed by atoms with Gasteiger partial charge in [-0.1, -0.05) is 71.7 Å². The van der Waals surface area contributed by atoms with Crippen LogP contribution in [0.25, 0.3) is 0 Å². The van der Waals surface area contributed by atoms with Crippen LogP contribution >= 0.6 is 0 Å². The zero-order valence-corrected chi connectivity index (χ0v) is 36.7. The molecule has 6 rings (SSSR count). The van der Waals surface area contributed by atoms with Crippen molar-refractivity contribution in [1.29, 1.82) is 5.53 Å². The summed E-state index contributed by atoms with van der Waals surface area (Å²) in [5.41, 5.74) is 17.0.